The van der Waals surface area contributed by atoms with Crippen LogP contribution in [0.25, 0.3) is 0 Å². The molecule has 0 aliphatic carbocycles. The summed E-state index contributed by atoms with van der Waals surface area (Å²) >= 11 is 3.26. The number of hydrogen-bond acceptors (Lipinski definition) is 3. The van der Waals surface area contributed by atoms with E-state index >= 15 is 0 Å². The Labute approximate surface area is 113 Å². The predicted octanol–water partition coefficient (Wildman–Crippen LogP) is 1.04. The molecule has 82 valence electrons. The molecule has 1 aromatic carbocycles. The molecule has 0 aliphatic rings. The molecular weight excluding hydrogens is 280 g/mol. The zero-order chi connectivity index (χ0) is 13.2. The molecule has 0 N–H and O–H groups in total. The van der Waals surface area contributed by atoms with Gasteiger partial charge < -0.3 is 9.47 Å². The van der Waals surface area contributed by atoms with Gasteiger partial charge in [-0.1, -0.05) is 0 Å². The van der Waals surface area contributed by atoms with E-state index in [9.17, 15) is 4.79 Å². The first kappa shape index (κ1) is 14.2. The predicted molar refractivity (Wildman–Crippen MR) is 70.8 cm³/mol. The summed E-state index contributed by atoms with van der Waals surface area (Å²) in [7, 11) is 17.4. The minimum atomic E-state index is -1.82. The van der Waals surface area contributed by atoms with Crippen molar-refractivity contribution >= 4 is 45.4 Å². The Morgan fingerprint density at radius 2 is 1.94 bits per heavy atom. The van der Waals surface area contributed by atoms with Gasteiger partial charge in [-0.2, -0.15) is 0 Å². The lowest BCUT2D eigenvalue weighted by Crippen LogP contribution is -2.38. The molecule has 0 bridgehead atoms. The fourth-order valence-electron chi connectivity index (χ4n) is 1.29. The number of methoxy groups -OCH3 is 1. The van der Waals surface area contributed by atoms with Gasteiger partial charge in [-0.3, -0.25) is 0 Å². The topological polar surface area (TPSA) is 35.5 Å². The lowest BCUT2D eigenvalue weighted by molar-refractivity contribution is 0.0599. The van der Waals surface area contributed by atoms with Crippen LogP contribution in [0.5, 0.6) is 5.75 Å². The first-order valence-electron chi connectivity index (χ1n) is 4.69. The van der Waals surface area contributed by atoms with Gasteiger partial charge in [0.25, 0.3) is 0 Å². The highest BCUT2D eigenvalue weighted by atomic mass is 79.9. The van der Waals surface area contributed by atoms with Gasteiger partial charge in [-0.05, 0) is 40.3 Å². The van der Waals surface area contributed by atoms with E-state index in [4.69, 9.17) is 28.3 Å². The van der Waals surface area contributed by atoms with Gasteiger partial charge in [-0.25, -0.2) is 4.79 Å². The summed E-state index contributed by atoms with van der Waals surface area (Å²) in [6.07, 6.45) is 0. The van der Waals surface area contributed by atoms with Crippen molar-refractivity contribution in [3.63, 3.8) is 0 Å². The molecule has 0 aromatic heterocycles. The van der Waals surface area contributed by atoms with Crippen LogP contribution in [0.4, 0.5) is 0 Å². The average Bonchev–Trinajstić information content (AvgIpc) is 2.22. The van der Waals surface area contributed by atoms with Gasteiger partial charge in [0.2, 0.25) is 0 Å². The molecular formula is C10H8B3BrO3. The number of benzene rings is 1. The molecule has 7 heteroatoms. The molecule has 0 atom stereocenters. The molecule has 6 radical (unpaired) electrons. The Bertz CT molecular complexity index is 443. The van der Waals surface area contributed by atoms with Gasteiger partial charge in [0, 0.05) is 5.56 Å². The number of esters is 1. The number of hydrogen-bond donors (Lipinski definition) is 0. The molecule has 1 rings (SSSR count). The summed E-state index contributed by atoms with van der Waals surface area (Å²) < 4.78 is 10.4. The summed E-state index contributed by atoms with van der Waals surface area (Å²) in [5.41, 5.74) is 0.895. The number of ether oxygens (including phenoxy) is 2. The molecule has 0 saturated heterocycles. The van der Waals surface area contributed by atoms with E-state index in [1.807, 2.05) is 0 Å². The molecule has 0 aliphatic heterocycles. The van der Waals surface area contributed by atoms with Crippen LogP contribution in [0, 0.1) is 6.92 Å². The van der Waals surface area contributed by atoms with E-state index in [1.54, 1.807) is 19.1 Å². The Balaban J connectivity index is 3.25. The minimum absolute atomic E-state index is 0.306. The Morgan fingerprint density at radius 3 is 2.41 bits per heavy atom. The van der Waals surface area contributed by atoms with Crippen molar-refractivity contribution < 1.29 is 14.3 Å². The monoisotopic (exact) mass is 288 g/mol. The van der Waals surface area contributed by atoms with Gasteiger partial charge in [0.05, 0.1) is 17.1 Å². The van der Waals surface area contributed by atoms with Crippen LogP contribution < -0.4 is 4.74 Å². The first-order valence-corrected chi connectivity index (χ1v) is 5.48. The second-order valence-electron chi connectivity index (χ2n) is 3.50. The number of halogens is 1. The third-order valence-electron chi connectivity index (χ3n) is 2.04. The SMILES string of the molecule is [B]C([B])([B])Oc1c(Br)ccc(C(=O)OC)c1C. The average molecular weight is 289 g/mol. The fraction of sp³-hybridized carbons (Fsp3) is 0.300. The van der Waals surface area contributed by atoms with E-state index in [0.717, 1.165) is 0 Å². The van der Waals surface area contributed by atoms with E-state index in [2.05, 4.69) is 20.7 Å². The number of rotatable bonds is 3. The Morgan fingerprint density at radius 1 is 1.35 bits per heavy atom. The third-order valence-corrected chi connectivity index (χ3v) is 2.67. The van der Waals surface area contributed by atoms with E-state index in [0.29, 0.717) is 21.3 Å². The van der Waals surface area contributed by atoms with Crippen molar-refractivity contribution in [3.8, 4) is 5.75 Å². The van der Waals surface area contributed by atoms with Crippen LogP contribution in [-0.2, 0) is 4.74 Å². The Hall–Kier alpha value is -0.835. The van der Waals surface area contributed by atoms with Gasteiger partial charge in [0.1, 0.15) is 29.3 Å². The van der Waals surface area contributed by atoms with Crippen molar-refractivity contribution in [2.45, 2.75) is 12.2 Å². The molecule has 3 nitrogen and oxygen atoms in total. The van der Waals surface area contributed by atoms with Crippen molar-refractivity contribution in [1.29, 1.82) is 0 Å². The summed E-state index contributed by atoms with van der Waals surface area (Å²) in [6, 6.07) is 3.23. The van der Waals surface area contributed by atoms with Crippen molar-refractivity contribution in [3.05, 3.63) is 27.7 Å². The van der Waals surface area contributed by atoms with E-state index < -0.39 is 11.3 Å². The van der Waals surface area contributed by atoms with Crippen LogP contribution in [-0.4, -0.2) is 41.9 Å². The summed E-state index contributed by atoms with van der Waals surface area (Å²) in [4.78, 5) is 11.5. The van der Waals surface area contributed by atoms with E-state index in [1.165, 1.54) is 7.11 Å². The van der Waals surface area contributed by atoms with E-state index in [-0.39, 0.29) is 0 Å². The zero-order valence-corrected chi connectivity index (χ0v) is 11.1. The maximum atomic E-state index is 11.5. The molecule has 0 saturated carbocycles. The van der Waals surface area contributed by atoms with Crippen LogP contribution in [0.15, 0.2) is 16.6 Å². The summed E-state index contributed by atoms with van der Waals surface area (Å²) in [5.74, 6) is -0.170. The summed E-state index contributed by atoms with van der Waals surface area (Å²) in [6.45, 7) is 1.68. The first-order chi connectivity index (χ1) is 7.76. The second kappa shape index (κ2) is 5.21. The number of carbonyl (C=O) groups excluding carboxylic acids is 1. The van der Waals surface area contributed by atoms with Gasteiger partial charge >= 0.3 is 5.97 Å². The minimum Gasteiger partial charge on any atom is -0.514 e. The molecule has 0 fully saturated rings. The van der Waals surface area contributed by atoms with Crippen LogP contribution in [0.2, 0.25) is 0 Å². The molecule has 1 aromatic rings. The maximum absolute atomic E-state index is 11.5. The largest absolute Gasteiger partial charge is 0.514 e. The van der Waals surface area contributed by atoms with Crippen molar-refractivity contribution in [2.75, 3.05) is 7.11 Å². The smallest absolute Gasteiger partial charge is 0.338 e. The van der Waals surface area contributed by atoms with Crippen LogP contribution in [0.1, 0.15) is 15.9 Å². The third kappa shape index (κ3) is 3.56. The Kier molecular flexibility index (Phi) is 4.36. The lowest BCUT2D eigenvalue weighted by atomic mass is 9.52. The van der Waals surface area contributed by atoms with Crippen LogP contribution in [0.3, 0.4) is 0 Å². The molecule has 17 heavy (non-hydrogen) atoms. The molecule has 0 unspecified atom stereocenters. The highest BCUT2D eigenvalue weighted by molar-refractivity contribution is 9.10. The molecule has 0 spiro atoms. The van der Waals surface area contributed by atoms with Gasteiger partial charge in [-0.15, -0.1) is 0 Å². The molecule has 0 amide bonds. The fourth-order valence-corrected chi connectivity index (χ4v) is 1.80. The number of carbonyl (C=O) groups is 1. The highest BCUT2D eigenvalue weighted by Crippen LogP contribution is 2.32. The van der Waals surface area contributed by atoms with Crippen LogP contribution >= 0.6 is 15.9 Å². The second-order valence-corrected chi connectivity index (χ2v) is 4.35. The van der Waals surface area contributed by atoms with Crippen molar-refractivity contribution in [1.82, 2.24) is 0 Å². The molecule has 0 heterocycles. The summed E-state index contributed by atoms with van der Waals surface area (Å²) in [5, 5.41) is -1.82. The van der Waals surface area contributed by atoms with Crippen molar-refractivity contribution in [2.24, 2.45) is 0 Å². The van der Waals surface area contributed by atoms with Gasteiger partial charge in [0.15, 0.2) is 0 Å². The lowest BCUT2D eigenvalue weighted by Gasteiger charge is -2.26. The zero-order valence-electron chi connectivity index (χ0n) is 9.49. The standard InChI is InChI=1S/C10H8B3BrO3/c1-5-6(9(15)16-2)3-4-7(14)8(5)17-10(11,12)13/h3-4H,1-2H3. The quantitative estimate of drug-likeness (QED) is 0.616. The highest BCUT2D eigenvalue weighted by Gasteiger charge is 2.19. The normalized spacial score (nSPS) is 11.0. The maximum Gasteiger partial charge on any atom is 0.338 e.